The summed E-state index contributed by atoms with van der Waals surface area (Å²) in [6.07, 6.45) is 2.27. The van der Waals surface area contributed by atoms with E-state index in [2.05, 4.69) is 21.8 Å². The normalized spacial score (nSPS) is 15.0. The smallest absolute Gasteiger partial charge is 0.394 e. The molecule has 1 aromatic carbocycles. The van der Waals surface area contributed by atoms with Crippen LogP contribution in [0.1, 0.15) is 19.8 Å². The number of piperidine rings is 1. The van der Waals surface area contributed by atoms with Crippen LogP contribution in [0.25, 0.3) is 11.3 Å². The van der Waals surface area contributed by atoms with Crippen molar-refractivity contribution in [3.63, 3.8) is 0 Å². The van der Waals surface area contributed by atoms with Gasteiger partial charge in [-0.3, -0.25) is 18.9 Å². The third-order valence-corrected chi connectivity index (χ3v) is 4.20. The highest BCUT2D eigenvalue weighted by Gasteiger charge is 2.18. The Balaban J connectivity index is 0.000000465. The van der Waals surface area contributed by atoms with Gasteiger partial charge in [-0.25, -0.2) is 4.98 Å². The Hall–Kier alpha value is -2.43. The lowest BCUT2D eigenvalue weighted by molar-refractivity contribution is 0.381. The van der Waals surface area contributed by atoms with Crippen molar-refractivity contribution < 1.29 is 22.3 Å². The van der Waals surface area contributed by atoms with Gasteiger partial charge in [-0.05, 0) is 43.0 Å². The third-order valence-electron chi connectivity index (χ3n) is 4.20. The summed E-state index contributed by atoms with van der Waals surface area (Å²) in [6, 6.07) is 9.13. The summed E-state index contributed by atoms with van der Waals surface area (Å²) in [7, 11) is -3.03. The fourth-order valence-electron chi connectivity index (χ4n) is 2.72. The molecule has 0 radical (unpaired) electrons. The average Bonchev–Trinajstić information content (AvgIpc) is 2.60. The largest absolute Gasteiger partial charge is 0.497 e. The van der Waals surface area contributed by atoms with Crippen LogP contribution in [0.3, 0.4) is 0 Å². The van der Waals surface area contributed by atoms with E-state index in [4.69, 9.17) is 22.3 Å². The molecule has 2 aromatic rings. The number of ether oxygens (including phenoxy) is 1. The number of hydrogen-bond acceptors (Lipinski definition) is 6. The topological polar surface area (TPSA) is 133 Å². The molecule has 0 spiro atoms. The summed E-state index contributed by atoms with van der Waals surface area (Å²) in [5.74, 6) is 2.21. The van der Waals surface area contributed by atoms with Gasteiger partial charge >= 0.3 is 10.4 Å². The number of rotatable bonds is 3. The SMILES string of the molecule is COc1ccc(-c2cc(=O)[nH]c(N3CCC(C)CC3)n2)cc1.O=S(=O)(O)O. The van der Waals surface area contributed by atoms with Crippen LogP contribution in [0.15, 0.2) is 35.1 Å². The first-order valence-corrected chi connectivity index (χ1v) is 9.76. The van der Waals surface area contributed by atoms with Crippen LogP contribution < -0.4 is 15.2 Å². The van der Waals surface area contributed by atoms with Crippen molar-refractivity contribution in [3.05, 3.63) is 40.7 Å². The first kappa shape index (κ1) is 20.9. The molecule has 148 valence electrons. The highest BCUT2D eigenvalue weighted by Crippen LogP contribution is 2.23. The lowest BCUT2D eigenvalue weighted by atomic mass is 10.00. The molecular formula is C17H23N3O6S. The van der Waals surface area contributed by atoms with Crippen molar-refractivity contribution in [2.45, 2.75) is 19.8 Å². The number of benzene rings is 1. The van der Waals surface area contributed by atoms with E-state index < -0.39 is 10.4 Å². The number of anilines is 1. The lowest BCUT2D eigenvalue weighted by Crippen LogP contribution is -2.35. The minimum Gasteiger partial charge on any atom is -0.497 e. The van der Waals surface area contributed by atoms with Crippen molar-refractivity contribution in [1.82, 2.24) is 9.97 Å². The van der Waals surface area contributed by atoms with E-state index in [1.165, 1.54) is 6.07 Å². The Morgan fingerprint density at radius 1 is 1.19 bits per heavy atom. The number of aromatic amines is 1. The highest BCUT2D eigenvalue weighted by molar-refractivity contribution is 7.79. The van der Waals surface area contributed by atoms with E-state index in [0.717, 1.165) is 43.2 Å². The number of hydrogen-bond donors (Lipinski definition) is 3. The predicted octanol–water partition coefficient (Wildman–Crippen LogP) is 2.03. The minimum atomic E-state index is -4.67. The van der Waals surface area contributed by atoms with Gasteiger partial charge in [0.25, 0.3) is 5.56 Å². The number of aromatic nitrogens is 2. The van der Waals surface area contributed by atoms with E-state index in [1.807, 2.05) is 24.3 Å². The summed E-state index contributed by atoms with van der Waals surface area (Å²) in [4.78, 5) is 21.6. The fraction of sp³-hybridized carbons (Fsp3) is 0.412. The van der Waals surface area contributed by atoms with Crippen LogP contribution >= 0.6 is 0 Å². The van der Waals surface area contributed by atoms with Crippen molar-refractivity contribution in [2.75, 3.05) is 25.1 Å². The van der Waals surface area contributed by atoms with Gasteiger partial charge in [0.2, 0.25) is 5.95 Å². The second-order valence-corrected chi connectivity index (χ2v) is 7.20. The summed E-state index contributed by atoms with van der Waals surface area (Å²) in [6.45, 7) is 4.15. The monoisotopic (exact) mass is 397 g/mol. The number of H-pyrrole nitrogens is 1. The van der Waals surface area contributed by atoms with Crippen molar-refractivity contribution in [2.24, 2.45) is 5.92 Å². The zero-order chi connectivity index (χ0) is 20.0. The summed E-state index contributed by atoms with van der Waals surface area (Å²) >= 11 is 0. The fourth-order valence-corrected chi connectivity index (χ4v) is 2.72. The molecule has 1 aliphatic heterocycles. The van der Waals surface area contributed by atoms with E-state index in [9.17, 15) is 4.79 Å². The number of nitrogens with zero attached hydrogens (tertiary/aromatic N) is 2. The van der Waals surface area contributed by atoms with Crippen LogP contribution in [-0.4, -0.2) is 47.7 Å². The summed E-state index contributed by atoms with van der Waals surface area (Å²) in [5.41, 5.74) is 1.49. The lowest BCUT2D eigenvalue weighted by Gasteiger charge is -2.30. The van der Waals surface area contributed by atoms with Crippen LogP contribution in [0.4, 0.5) is 5.95 Å². The molecule has 10 heteroatoms. The second kappa shape index (κ2) is 8.98. The highest BCUT2D eigenvalue weighted by atomic mass is 32.3. The van der Waals surface area contributed by atoms with Gasteiger partial charge in [-0.1, -0.05) is 6.92 Å². The molecule has 3 N–H and O–H groups in total. The maximum atomic E-state index is 12.0. The average molecular weight is 397 g/mol. The molecule has 0 amide bonds. The Morgan fingerprint density at radius 2 is 1.74 bits per heavy atom. The van der Waals surface area contributed by atoms with Gasteiger partial charge in [-0.2, -0.15) is 8.42 Å². The van der Waals surface area contributed by atoms with Crippen molar-refractivity contribution >= 4 is 16.3 Å². The molecule has 0 saturated carbocycles. The maximum absolute atomic E-state index is 12.0. The molecule has 1 fully saturated rings. The summed E-state index contributed by atoms with van der Waals surface area (Å²) in [5, 5.41) is 0. The van der Waals surface area contributed by atoms with Gasteiger partial charge in [0.05, 0.1) is 12.8 Å². The van der Waals surface area contributed by atoms with Gasteiger partial charge in [0.15, 0.2) is 0 Å². The molecule has 0 bridgehead atoms. The molecular weight excluding hydrogens is 374 g/mol. The van der Waals surface area contributed by atoms with E-state index >= 15 is 0 Å². The molecule has 3 rings (SSSR count). The molecule has 1 aromatic heterocycles. The van der Waals surface area contributed by atoms with E-state index in [-0.39, 0.29) is 5.56 Å². The standard InChI is InChI=1S/C17H21N3O2.H2O4S/c1-12-7-9-20(10-8-12)17-18-15(11-16(21)19-17)13-3-5-14(22-2)6-4-13;1-5(2,3)4/h3-6,11-12H,7-10H2,1-2H3,(H,18,19,21);(H2,1,2,3,4). The molecule has 1 saturated heterocycles. The molecule has 0 atom stereocenters. The van der Waals surface area contributed by atoms with Gasteiger partial charge in [0, 0.05) is 24.7 Å². The number of nitrogens with one attached hydrogen (secondary N) is 1. The second-order valence-electron chi connectivity index (χ2n) is 6.30. The van der Waals surface area contributed by atoms with Crippen molar-refractivity contribution in [3.8, 4) is 17.0 Å². The third kappa shape index (κ3) is 7.00. The molecule has 0 unspecified atom stereocenters. The first-order chi connectivity index (χ1) is 12.7. The maximum Gasteiger partial charge on any atom is 0.394 e. The van der Waals surface area contributed by atoms with Crippen molar-refractivity contribution in [1.29, 1.82) is 0 Å². The quantitative estimate of drug-likeness (QED) is 0.670. The van der Waals surface area contributed by atoms with Crippen LogP contribution in [-0.2, 0) is 10.4 Å². The zero-order valence-corrected chi connectivity index (χ0v) is 15.9. The van der Waals surface area contributed by atoms with Gasteiger partial charge < -0.3 is 9.64 Å². The predicted molar refractivity (Wildman–Crippen MR) is 102 cm³/mol. The molecule has 9 nitrogen and oxygen atoms in total. The molecule has 0 aliphatic carbocycles. The Labute approximate surface area is 157 Å². The van der Waals surface area contributed by atoms with Crippen LogP contribution in [0, 0.1) is 5.92 Å². The number of methoxy groups -OCH3 is 1. The first-order valence-electron chi connectivity index (χ1n) is 8.36. The minimum absolute atomic E-state index is 0.116. The van der Waals surface area contributed by atoms with Crippen LogP contribution in [0.2, 0.25) is 0 Å². The Kier molecular flexibility index (Phi) is 6.94. The van der Waals surface area contributed by atoms with E-state index in [0.29, 0.717) is 11.6 Å². The molecule has 27 heavy (non-hydrogen) atoms. The molecule has 2 heterocycles. The van der Waals surface area contributed by atoms with Crippen LogP contribution in [0.5, 0.6) is 5.75 Å². The summed E-state index contributed by atoms with van der Waals surface area (Å²) < 4.78 is 36.7. The van der Waals surface area contributed by atoms with Gasteiger partial charge in [0.1, 0.15) is 5.75 Å². The zero-order valence-electron chi connectivity index (χ0n) is 15.1. The van der Waals surface area contributed by atoms with Gasteiger partial charge in [-0.15, -0.1) is 0 Å². The molecule has 1 aliphatic rings. The van der Waals surface area contributed by atoms with E-state index in [1.54, 1.807) is 7.11 Å². The Morgan fingerprint density at radius 3 is 2.26 bits per heavy atom. The Bertz CT molecular complexity index is 895.